The Morgan fingerprint density at radius 3 is 2.14 bits per heavy atom. The van der Waals surface area contributed by atoms with E-state index < -0.39 is 0 Å². The molecule has 0 saturated carbocycles. The molecule has 3 aromatic rings. The molecule has 3 rings (SSSR count). The maximum Gasteiger partial charge on any atom is 0.123 e. The Kier molecular flexibility index (Phi) is 4.15. The Hall–Kier alpha value is -2.27. The smallest absolute Gasteiger partial charge is 0.123 e. The SMILES string of the molecule is COc1ccc(-c2nc3cc(OC)ccc3nc2SC)cc1. The number of methoxy groups -OCH3 is 2. The van der Waals surface area contributed by atoms with Crippen molar-refractivity contribution in [2.45, 2.75) is 5.03 Å². The minimum absolute atomic E-state index is 0.777. The molecule has 4 nitrogen and oxygen atoms in total. The minimum Gasteiger partial charge on any atom is -0.497 e. The van der Waals surface area contributed by atoms with Gasteiger partial charge in [0.15, 0.2) is 0 Å². The molecule has 0 aliphatic carbocycles. The van der Waals surface area contributed by atoms with Crippen molar-refractivity contribution in [3.05, 3.63) is 42.5 Å². The van der Waals surface area contributed by atoms with E-state index in [1.807, 2.05) is 48.7 Å². The molecule has 0 spiro atoms. The first-order chi connectivity index (χ1) is 10.7. The molecule has 0 aliphatic heterocycles. The van der Waals surface area contributed by atoms with Gasteiger partial charge in [-0.25, -0.2) is 9.97 Å². The summed E-state index contributed by atoms with van der Waals surface area (Å²) in [5.74, 6) is 1.60. The number of rotatable bonds is 4. The molecule has 0 amide bonds. The van der Waals surface area contributed by atoms with Crippen LogP contribution >= 0.6 is 11.8 Å². The lowest BCUT2D eigenvalue weighted by atomic mass is 10.1. The highest BCUT2D eigenvalue weighted by molar-refractivity contribution is 7.98. The Morgan fingerprint density at radius 2 is 1.50 bits per heavy atom. The predicted molar refractivity (Wildman–Crippen MR) is 89.9 cm³/mol. The van der Waals surface area contributed by atoms with Gasteiger partial charge in [-0.15, -0.1) is 11.8 Å². The second-order valence-corrected chi connectivity index (χ2v) is 5.46. The second kappa shape index (κ2) is 6.23. The van der Waals surface area contributed by atoms with Crippen LogP contribution < -0.4 is 9.47 Å². The van der Waals surface area contributed by atoms with Crippen molar-refractivity contribution < 1.29 is 9.47 Å². The van der Waals surface area contributed by atoms with Crippen LogP contribution in [0.1, 0.15) is 0 Å². The van der Waals surface area contributed by atoms with Crippen LogP contribution in [0.4, 0.5) is 0 Å². The maximum absolute atomic E-state index is 5.27. The highest BCUT2D eigenvalue weighted by atomic mass is 32.2. The monoisotopic (exact) mass is 312 g/mol. The van der Waals surface area contributed by atoms with Crippen LogP contribution in [0.2, 0.25) is 0 Å². The summed E-state index contributed by atoms with van der Waals surface area (Å²) < 4.78 is 10.5. The summed E-state index contributed by atoms with van der Waals surface area (Å²) in [6.07, 6.45) is 2.01. The highest BCUT2D eigenvalue weighted by Gasteiger charge is 2.11. The molecule has 0 bridgehead atoms. The summed E-state index contributed by atoms with van der Waals surface area (Å²) in [5.41, 5.74) is 3.57. The second-order valence-electron chi connectivity index (χ2n) is 4.66. The van der Waals surface area contributed by atoms with Crippen molar-refractivity contribution in [3.8, 4) is 22.8 Å². The fraction of sp³-hybridized carbons (Fsp3) is 0.176. The van der Waals surface area contributed by atoms with Crippen molar-refractivity contribution in [2.75, 3.05) is 20.5 Å². The number of hydrogen-bond donors (Lipinski definition) is 0. The van der Waals surface area contributed by atoms with Crippen molar-refractivity contribution in [3.63, 3.8) is 0 Å². The molecule has 112 valence electrons. The standard InChI is InChI=1S/C17H16N2O2S/c1-20-12-6-4-11(5-7-12)16-17(22-3)19-14-9-8-13(21-2)10-15(14)18-16/h4-10H,1-3H3. The van der Waals surface area contributed by atoms with Crippen LogP contribution in [0.15, 0.2) is 47.5 Å². The van der Waals surface area contributed by atoms with Gasteiger partial charge in [0.25, 0.3) is 0 Å². The fourth-order valence-electron chi connectivity index (χ4n) is 2.22. The third-order valence-electron chi connectivity index (χ3n) is 3.40. The first kappa shape index (κ1) is 14.7. The molecule has 0 radical (unpaired) electrons. The molecule has 22 heavy (non-hydrogen) atoms. The van der Waals surface area contributed by atoms with Crippen LogP contribution in [0, 0.1) is 0 Å². The predicted octanol–water partition coefficient (Wildman–Crippen LogP) is 4.04. The Morgan fingerprint density at radius 1 is 0.818 bits per heavy atom. The van der Waals surface area contributed by atoms with Gasteiger partial charge in [-0.1, -0.05) is 0 Å². The van der Waals surface area contributed by atoms with Crippen molar-refractivity contribution in [1.29, 1.82) is 0 Å². The van der Waals surface area contributed by atoms with Crippen LogP contribution in [0.3, 0.4) is 0 Å². The zero-order valence-corrected chi connectivity index (χ0v) is 13.5. The topological polar surface area (TPSA) is 44.2 Å². The normalized spacial score (nSPS) is 10.7. The first-order valence-electron chi connectivity index (χ1n) is 6.79. The molecule has 2 aromatic carbocycles. The summed E-state index contributed by atoms with van der Waals surface area (Å²) in [5, 5.41) is 0.905. The molecule has 0 saturated heterocycles. The molecule has 0 atom stereocenters. The average molecular weight is 312 g/mol. The molecule has 0 N–H and O–H groups in total. The summed E-state index contributed by atoms with van der Waals surface area (Å²) in [7, 11) is 3.31. The molecule has 0 fully saturated rings. The molecule has 0 unspecified atom stereocenters. The van der Waals surface area contributed by atoms with Crippen LogP contribution in [-0.2, 0) is 0 Å². The lowest BCUT2D eigenvalue weighted by molar-refractivity contribution is 0.415. The van der Waals surface area contributed by atoms with Gasteiger partial charge in [-0.3, -0.25) is 0 Å². The maximum atomic E-state index is 5.27. The van der Waals surface area contributed by atoms with E-state index in [0.717, 1.165) is 38.8 Å². The third kappa shape index (κ3) is 2.72. The number of aromatic nitrogens is 2. The average Bonchev–Trinajstić information content (AvgIpc) is 2.60. The highest BCUT2D eigenvalue weighted by Crippen LogP contribution is 2.31. The number of fused-ring (bicyclic) bond motifs is 1. The number of ether oxygens (including phenoxy) is 2. The number of thioether (sulfide) groups is 1. The third-order valence-corrected chi connectivity index (χ3v) is 4.07. The van der Waals surface area contributed by atoms with Gasteiger partial charge in [-0.2, -0.15) is 0 Å². The van der Waals surface area contributed by atoms with Gasteiger partial charge in [0.1, 0.15) is 22.2 Å². The molecule has 1 heterocycles. The van der Waals surface area contributed by atoms with E-state index in [9.17, 15) is 0 Å². The van der Waals surface area contributed by atoms with Gasteiger partial charge in [0.2, 0.25) is 0 Å². The molecule has 1 aromatic heterocycles. The largest absolute Gasteiger partial charge is 0.497 e. The minimum atomic E-state index is 0.777. The van der Waals surface area contributed by atoms with E-state index in [1.165, 1.54) is 0 Å². The van der Waals surface area contributed by atoms with Crippen LogP contribution in [-0.4, -0.2) is 30.4 Å². The fourth-order valence-corrected chi connectivity index (χ4v) is 2.77. The summed E-state index contributed by atoms with van der Waals surface area (Å²) >= 11 is 1.59. The van der Waals surface area contributed by atoms with E-state index in [-0.39, 0.29) is 0 Å². The zero-order valence-electron chi connectivity index (χ0n) is 12.7. The summed E-state index contributed by atoms with van der Waals surface area (Å²) in [4.78, 5) is 9.48. The molecular weight excluding hydrogens is 296 g/mol. The Balaban J connectivity index is 2.16. The molecule has 0 aliphatic rings. The quantitative estimate of drug-likeness (QED) is 0.680. The zero-order chi connectivity index (χ0) is 15.5. The van der Waals surface area contributed by atoms with E-state index in [1.54, 1.807) is 26.0 Å². The van der Waals surface area contributed by atoms with Gasteiger partial charge in [-0.05, 0) is 42.7 Å². The first-order valence-corrected chi connectivity index (χ1v) is 8.02. The molecular formula is C17H16N2O2S. The van der Waals surface area contributed by atoms with Crippen molar-refractivity contribution in [2.24, 2.45) is 0 Å². The van der Waals surface area contributed by atoms with Crippen LogP contribution in [0.5, 0.6) is 11.5 Å². The Bertz CT molecular complexity index is 804. The van der Waals surface area contributed by atoms with Crippen LogP contribution in [0.25, 0.3) is 22.3 Å². The van der Waals surface area contributed by atoms with Gasteiger partial charge in [0, 0.05) is 11.6 Å². The Labute approximate surface area is 133 Å². The van der Waals surface area contributed by atoms with E-state index in [4.69, 9.17) is 19.4 Å². The van der Waals surface area contributed by atoms with E-state index >= 15 is 0 Å². The van der Waals surface area contributed by atoms with Crippen molar-refractivity contribution in [1.82, 2.24) is 9.97 Å². The number of benzene rings is 2. The lowest BCUT2D eigenvalue weighted by Gasteiger charge is -2.09. The van der Waals surface area contributed by atoms with E-state index in [0.29, 0.717) is 0 Å². The molecule has 5 heteroatoms. The number of nitrogens with zero attached hydrogens (tertiary/aromatic N) is 2. The summed E-state index contributed by atoms with van der Waals surface area (Å²) in [6, 6.07) is 13.6. The van der Waals surface area contributed by atoms with Crippen molar-refractivity contribution >= 4 is 22.8 Å². The summed E-state index contributed by atoms with van der Waals surface area (Å²) in [6.45, 7) is 0. The van der Waals surface area contributed by atoms with Gasteiger partial charge < -0.3 is 9.47 Å². The number of hydrogen-bond acceptors (Lipinski definition) is 5. The van der Waals surface area contributed by atoms with Gasteiger partial charge >= 0.3 is 0 Å². The van der Waals surface area contributed by atoms with Gasteiger partial charge in [0.05, 0.1) is 25.3 Å². The van der Waals surface area contributed by atoms with E-state index in [2.05, 4.69) is 0 Å². The lowest BCUT2D eigenvalue weighted by Crippen LogP contribution is -1.94.